The molecule has 0 bridgehead atoms. The van der Waals surface area contributed by atoms with Gasteiger partial charge in [0.15, 0.2) is 0 Å². The molecule has 1 heteroatoms. The Hall–Kier alpha value is -3.63. The van der Waals surface area contributed by atoms with Crippen LogP contribution in [0.3, 0.4) is 0 Å². The van der Waals surface area contributed by atoms with Crippen molar-refractivity contribution in [2.45, 2.75) is 39.5 Å². The first-order valence-electron chi connectivity index (χ1n) is 11.7. The van der Waals surface area contributed by atoms with Gasteiger partial charge < -0.3 is 0 Å². The Bertz CT molecular complexity index is 1310. The molecule has 0 fully saturated rings. The van der Waals surface area contributed by atoms with Gasteiger partial charge in [0.25, 0.3) is 0 Å². The standard InChI is InChI=1S/C32H29F/c1-3-5-6-8-26-14-22-31-30(23-26)21-20-29(32(31)33)19-13-25-11-17-28(18-12-25)27-15-9-24(7-4-2)10-16-27/h3,5,9-12,14-18,20-23H,4,6-8H2,1-2H3/b5-3+. The lowest BCUT2D eigenvalue weighted by Gasteiger charge is -2.05. The molecular weight excluding hydrogens is 403 g/mol. The molecule has 0 amide bonds. The van der Waals surface area contributed by atoms with Gasteiger partial charge >= 0.3 is 0 Å². The average Bonchev–Trinajstić information content (AvgIpc) is 2.85. The van der Waals surface area contributed by atoms with Crippen molar-refractivity contribution in [3.63, 3.8) is 0 Å². The van der Waals surface area contributed by atoms with E-state index in [0.29, 0.717) is 10.9 Å². The van der Waals surface area contributed by atoms with E-state index in [9.17, 15) is 0 Å². The number of halogens is 1. The van der Waals surface area contributed by atoms with Crippen molar-refractivity contribution < 1.29 is 4.39 Å². The summed E-state index contributed by atoms with van der Waals surface area (Å²) in [6.45, 7) is 4.22. The first-order valence-corrected chi connectivity index (χ1v) is 11.7. The van der Waals surface area contributed by atoms with Crippen LogP contribution in [-0.2, 0) is 12.8 Å². The predicted octanol–water partition coefficient (Wildman–Crippen LogP) is 8.51. The summed E-state index contributed by atoms with van der Waals surface area (Å²) in [4.78, 5) is 0. The molecule has 0 aromatic heterocycles. The van der Waals surface area contributed by atoms with E-state index in [0.717, 1.165) is 42.2 Å². The van der Waals surface area contributed by atoms with Gasteiger partial charge in [-0.15, -0.1) is 0 Å². The molecule has 0 aliphatic rings. The van der Waals surface area contributed by atoms with Crippen LogP contribution in [0.1, 0.15) is 48.9 Å². The van der Waals surface area contributed by atoms with E-state index in [1.54, 1.807) is 6.07 Å². The first kappa shape index (κ1) is 22.6. The maximum atomic E-state index is 15.1. The Kier molecular flexibility index (Phi) is 7.38. The van der Waals surface area contributed by atoms with Gasteiger partial charge in [-0.3, -0.25) is 0 Å². The molecular formula is C32H29F. The van der Waals surface area contributed by atoms with Crippen molar-refractivity contribution >= 4 is 10.8 Å². The van der Waals surface area contributed by atoms with Gasteiger partial charge in [0.2, 0.25) is 0 Å². The molecule has 0 saturated heterocycles. The number of aryl methyl sites for hydroxylation is 2. The van der Waals surface area contributed by atoms with E-state index in [1.165, 1.54) is 16.7 Å². The van der Waals surface area contributed by atoms with Gasteiger partial charge in [0.05, 0.1) is 5.56 Å². The molecule has 33 heavy (non-hydrogen) atoms. The summed E-state index contributed by atoms with van der Waals surface area (Å²) in [5.74, 6) is 5.90. The molecule has 0 aliphatic carbocycles. The molecule has 0 radical (unpaired) electrons. The van der Waals surface area contributed by atoms with Crippen molar-refractivity contribution in [2.24, 2.45) is 0 Å². The fourth-order valence-corrected chi connectivity index (χ4v) is 4.05. The molecule has 0 spiro atoms. The summed E-state index contributed by atoms with van der Waals surface area (Å²) in [5, 5.41) is 1.55. The Morgan fingerprint density at radius 1 is 0.758 bits per heavy atom. The fourth-order valence-electron chi connectivity index (χ4n) is 4.05. The third-order valence-corrected chi connectivity index (χ3v) is 5.91. The summed E-state index contributed by atoms with van der Waals surface area (Å²) < 4.78 is 15.1. The molecule has 0 aliphatic heterocycles. The number of rotatable bonds is 6. The second-order valence-electron chi connectivity index (χ2n) is 8.36. The van der Waals surface area contributed by atoms with Crippen molar-refractivity contribution in [2.75, 3.05) is 0 Å². The van der Waals surface area contributed by atoms with Crippen LogP contribution in [0.5, 0.6) is 0 Å². The Balaban J connectivity index is 1.51. The highest BCUT2D eigenvalue weighted by atomic mass is 19.1. The Labute approximate surface area is 196 Å². The molecule has 0 saturated carbocycles. The Morgan fingerprint density at radius 3 is 2.15 bits per heavy atom. The van der Waals surface area contributed by atoms with Gasteiger partial charge in [-0.2, -0.15) is 0 Å². The largest absolute Gasteiger partial charge is 0.205 e. The molecule has 0 heterocycles. The Morgan fingerprint density at radius 2 is 1.45 bits per heavy atom. The second-order valence-corrected chi connectivity index (χ2v) is 8.36. The highest BCUT2D eigenvalue weighted by molar-refractivity contribution is 5.85. The van der Waals surface area contributed by atoms with E-state index in [1.807, 2.05) is 37.3 Å². The zero-order valence-electron chi connectivity index (χ0n) is 19.4. The minimum Gasteiger partial charge on any atom is -0.205 e. The van der Waals surface area contributed by atoms with E-state index < -0.39 is 0 Å². The van der Waals surface area contributed by atoms with Crippen LogP contribution < -0.4 is 0 Å². The normalized spacial score (nSPS) is 11.0. The molecule has 4 rings (SSSR count). The lowest BCUT2D eigenvalue weighted by Crippen LogP contribution is -1.89. The van der Waals surface area contributed by atoms with Gasteiger partial charge in [0.1, 0.15) is 5.82 Å². The van der Waals surface area contributed by atoms with Gasteiger partial charge in [0, 0.05) is 10.9 Å². The summed E-state index contributed by atoms with van der Waals surface area (Å²) in [6.07, 6.45) is 8.43. The fraction of sp³-hybridized carbons (Fsp3) is 0.188. The number of hydrogen-bond donors (Lipinski definition) is 0. The van der Waals surface area contributed by atoms with Crippen LogP contribution in [0.2, 0.25) is 0 Å². The van der Waals surface area contributed by atoms with Crippen LogP contribution in [0.15, 0.2) is 91.0 Å². The molecule has 0 unspecified atom stereocenters. The van der Waals surface area contributed by atoms with Crippen molar-refractivity contribution in [1.29, 1.82) is 0 Å². The number of fused-ring (bicyclic) bond motifs is 1. The quantitative estimate of drug-likeness (QED) is 0.212. The van der Waals surface area contributed by atoms with Gasteiger partial charge in [-0.25, -0.2) is 4.39 Å². The number of hydrogen-bond acceptors (Lipinski definition) is 0. The van der Waals surface area contributed by atoms with Crippen LogP contribution in [0.25, 0.3) is 21.9 Å². The van der Waals surface area contributed by atoms with E-state index in [4.69, 9.17) is 0 Å². The summed E-state index contributed by atoms with van der Waals surface area (Å²) >= 11 is 0. The number of allylic oxidation sites excluding steroid dienone is 2. The van der Waals surface area contributed by atoms with Crippen LogP contribution in [0, 0.1) is 17.7 Å². The summed E-state index contributed by atoms with van der Waals surface area (Å²) in [6, 6.07) is 26.6. The van der Waals surface area contributed by atoms with Gasteiger partial charge in [-0.05, 0) is 72.0 Å². The lowest BCUT2D eigenvalue weighted by molar-refractivity contribution is 0.636. The minimum atomic E-state index is -0.246. The van der Waals surface area contributed by atoms with Crippen molar-refractivity contribution in [1.82, 2.24) is 0 Å². The maximum absolute atomic E-state index is 15.1. The van der Waals surface area contributed by atoms with E-state index >= 15 is 4.39 Å². The van der Waals surface area contributed by atoms with Crippen LogP contribution >= 0.6 is 0 Å². The predicted molar refractivity (Wildman–Crippen MR) is 139 cm³/mol. The second kappa shape index (κ2) is 10.8. The molecule has 4 aromatic carbocycles. The zero-order valence-corrected chi connectivity index (χ0v) is 19.4. The highest BCUT2D eigenvalue weighted by Crippen LogP contribution is 2.24. The monoisotopic (exact) mass is 432 g/mol. The number of benzene rings is 4. The van der Waals surface area contributed by atoms with E-state index in [2.05, 4.69) is 73.4 Å². The zero-order chi connectivity index (χ0) is 23.0. The van der Waals surface area contributed by atoms with Gasteiger partial charge in [-0.1, -0.05) is 98.0 Å². The van der Waals surface area contributed by atoms with Crippen molar-refractivity contribution in [3.05, 3.63) is 119 Å². The molecule has 0 N–H and O–H groups in total. The maximum Gasteiger partial charge on any atom is 0.146 e. The first-order chi connectivity index (χ1) is 16.2. The molecule has 0 nitrogen and oxygen atoms in total. The third-order valence-electron chi connectivity index (χ3n) is 5.91. The summed E-state index contributed by atoms with van der Waals surface area (Å²) in [5.41, 5.74) is 6.25. The SMILES string of the molecule is C/C=C/CCc1ccc2c(F)c(C#Cc3ccc(-c4ccc(CCC)cc4)cc3)ccc2c1. The summed E-state index contributed by atoms with van der Waals surface area (Å²) in [7, 11) is 0. The van der Waals surface area contributed by atoms with Crippen LogP contribution in [-0.4, -0.2) is 0 Å². The topological polar surface area (TPSA) is 0 Å². The van der Waals surface area contributed by atoms with Crippen molar-refractivity contribution in [3.8, 4) is 23.0 Å². The third kappa shape index (κ3) is 5.60. The molecule has 4 aromatic rings. The smallest absolute Gasteiger partial charge is 0.146 e. The van der Waals surface area contributed by atoms with Crippen LogP contribution in [0.4, 0.5) is 4.39 Å². The molecule has 0 atom stereocenters. The minimum absolute atomic E-state index is 0.246. The highest BCUT2D eigenvalue weighted by Gasteiger charge is 2.06. The van der Waals surface area contributed by atoms with E-state index in [-0.39, 0.29) is 5.82 Å². The molecule has 164 valence electrons. The average molecular weight is 433 g/mol. The lowest BCUT2D eigenvalue weighted by atomic mass is 10.0.